The molecule has 2 aromatic rings. The van der Waals surface area contributed by atoms with Crippen LogP contribution < -0.4 is 10.2 Å². The van der Waals surface area contributed by atoms with Gasteiger partial charge >= 0.3 is 0 Å². The first kappa shape index (κ1) is 19.6. The summed E-state index contributed by atoms with van der Waals surface area (Å²) in [6.45, 7) is 8.88. The fraction of sp³-hybridized carbons (Fsp3) is 0.500. The van der Waals surface area contributed by atoms with Crippen LogP contribution in [0.25, 0.3) is 0 Å². The molecule has 1 saturated heterocycles. The zero-order valence-corrected chi connectivity index (χ0v) is 17.3. The van der Waals surface area contributed by atoms with Crippen molar-refractivity contribution in [2.45, 2.75) is 46.6 Å². The Hall–Kier alpha value is -2.15. The average Bonchev–Trinajstić information content (AvgIpc) is 2.96. The molecule has 7 heteroatoms. The number of hydrogen-bond donors (Lipinski definition) is 1. The molecular formula is C20H28N4O2S. The van der Waals surface area contributed by atoms with Gasteiger partial charge in [0, 0.05) is 30.0 Å². The molecule has 1 aliphatic heterocycles. The molecule has 1 aromatic heterocycles. The molecule has 0 bridgehead atoms. The van der Waals surface area contributed by atoms with Crippen LogP contribution >= 0.6 is 0 Å². The zero-order chi connectivity index (χ0) is 19.6. The van der Waals surface area contributed by atoms with Crippen LogP contribution in [-0.4, -0.2) is 42.5 Å². The number of para-hydroxylation sites is 1. The van der Waals surface area contributed by atoms with E-state index in [2.05, 4.69) is 47.2 Å². The minimum absolute atomic E-state index is 0.0215. The predicted octanol–water partition coefficient (Wildman–Crippen LogP) is 3.41. The van der Waals surface area contributed by atoms with Gasteiger partial charge in [0.25, 0.3) is 0 Å². The van der Waals surface area contributed by atoms with Crippen LogP contribution in [0.2, 0.25) is 0 Å². The van der Waals surface area contributed by atoms with Crippen molar-refractivity contribution >= 4 is 27.3 Å². The number of aromatic nitrogens is 2. The van der Waals surface area contributed by atoms with Crippen molar-refractivity contribution in [2.24, 2.45) is 0 Å². The normalized spacial score (nSPS) is 18.4. The average molecular weight is 389 g/mol. The highest BCUT2D eigenvalue weighted by Gasteiger charge is 2.32. The Bertz CT molecular complexity index is 928. The molecule has 1 aliphatic rings. The molecular weight excluding hydrogens is 360 g/mol. The van der Waals surface area contributed by atoms with E-state index in [4.69, 9.17) is 4.98 Å². The molecule has 6 nitrogen and oxygen atoms in total. The van der Waals surface area contributed by atoms with Crippen LogP contribution in [0.15, 0.2) is 24.3 Å². The lowest BCUT2D eigenvalue weighted by Gasteiger charge is -2.28. The molecule has 0 saturated carbocycles. The second-order valence-corrected chi connectivity index (χ2v) is 9.35. The fourth-order valence-electron chi connectivity index (χ4n) is 3.70. The van der Waals surface area contributed by atoms with Crippen molar-refractivity contribution in [2.75, 3.05) is 28.3 Å². The van der Waals surface area contributed by atoms with Crippen molar-refractivity contribution in [3.63, 3.8) is 0 Å². The first-order valence-electron chi connectivity index (χ1n) is 9.51. The summed E-state index contributed by atoms with van der Waals surface area (Å²) in [4.78, 5) is 11.4. The van der Waals surface area contributed by atoms with Crippen molar-refractivity contribution < 1.29 is 8.42 Å². The minimum Gasteiger partial charge on any atom is -0.353 e. The maximum atomic E-state index is 11.9. The van der Waals surface area contributed by atoms with Gasteiger partial charge in [-0.3, -0.25) is 0 Å². The van der Waals surface area contributed by atoms with Gasteiger partial charge in [-0.05, 0) is 44.7 Å². The molecule has 3 rings (SSSR count). The lowest BCUT2D eigenvalue weighted by molar-refractivity contribution is 0.599. The van der Waals surface area contributed by atoms with Crippen molar-refractivity contribution in [3.8, 4) is 0 Å². The van der Waals surface area contributed by atoms with E-state index < -0.39 is 9.84 Å². The van der Waals surface area contributed by atoms with E-state index in [9.17, 15) is 8.42 Å². The summed E-state index contributed by atoms with van der Waals surface area (Å²) < 4.78 is 23.8. The highest BCUT2D eigenvalue weighted by Crippen LogP contribution is 2.27. The summed E-state index contributed by atoms with van der Waals surface area (Å²) in [6, 6.07) is 8.14. The van der Waals surface area contributed by atoms with Gasteiger partial charge in [-0.2, -0.15) is 4.98 Å². The molecule has 1 atom stereocenters. The Balaban J connectivity index is 1.93. The summed E-state index contributed by atoms with van der Waals surface area (Å²) in [5.74, 6) is 1.78. The van der Waals surface area contributed by atoms with Gasteiger partial charge < -0.3 is 10.2 Å². The van der Waals surface area contributed by atoms with Gasteiger partial charge in [0.15, 0.2) is 9.84 Å². The van der Waals surface area contributed by atoms with Crippen LogP contribution in [0.4, 0.5) is 17.5 Å². The lowest BCUT2D eigenvalue weighted by atomic mass is 10.1. The molecule has 1 unspecified atom stereocenters. The number of nitrogens with one attached hydrogen (secondary N) is 1. The van der Waals surface area contributed by atoms with E-state index in [-0.39, 0.29) is 17.5 Å². The lowest BCUT2D eigenvalue weighted by Crippen LogP contribution is -2.37. The summed E-state index contributed by atoms with van der Waals surface area (Å²) in [5, 5.41) is 3.39. The van der Waals surface area contributed by atoms with Crippen LogP contribution in [-0.2, 0) is 16.3 Å². The van der Waals surface area contributed by atoms with E-state index in [1.807, 2.05) is 19.9 Å². The molecule has 27 heavy (non-hydrogen) atoms. The molecule has 0 spiro atoms. The highest BCUT2D eigenvalue weighted by atomic mass is 32.2. The van der Waals surface area contributed by atoms with E-state index in [0.717, 1.165) is 29.2 Å². The standard InChI is InChI=1S/C20H28N4O2S/c1-5-16-9-7-8-14(3)19(16)23-20-21-15(4)12-18(22-20)24(6-2)17-10-11-27(25,26)13-17/h7-9,12,17H,5-6,10-11,13H2,1-4H3,(H,21,22,23). The predicted molar refractivity (Wildman–Crippen MR) is 111 cm³/mol. The van der Waals surface area contributed by atoms with Gasteiger partial charge in [0.05, 0.1) is 11.5 Å². The highest BCUT2D eigenvalue weighted by molar-refractivity contribution is 7.91. The van der Waals surface area contributed by atoms with Crippen LogP contribution in [0, 0.1) is 13.8 Å². The molecule has 1 N–H and O–H groups in total. The second kappa shape index (κ2) is 7.84. The van der Waals surface area contributed by atoms with Gasteiger partial charge in [0.1, 0.15) is 5.82 Å². The molecule has 0 radical (unpaired) electrons. The molecule has 0 amide bonds. The van der Waals surface area contributed by atoms with Crippen LogP contribution in [0.1, 0.15) is 37.1 Å². The largest absolute Gasteiger partial charge is 0.353 e. The van der Waals surface area contributed by atoms with Crippen molar-refractivity contribution in [1.82, 2.24) is 9.97 Å². The van der Waals surface area contributed by atoms with Crippen LogP contribution in [0.3, 0.4) is 0 Å². The summed E-state index contributed by atoms with van der Waals surface area (Å²) >= 11 is 0. The number of anilines is 3. The maximum Gasteiger partial charge on any atom is 0.229 e. The van der Waals surface area contributed by atoms with Crippen molar-refractivity contribution in [1.29, 1.82) is 0 Å². The number of hydrogen-bond acceptors (Lipinski definition) is 6. The fourth-order valence-corrected chi connectivity index (χ4v) is 5.43. The third-order valence-corrected chi connectivity index (χ3v) is 6.85. The Morgan fingerprint density at radius 2 is 2.00 bits per heavy atom. The third-order valence-electron chi connectivity index (χ3n) is 5.10. The van der Waals surface area contributed by atoms with E-state index in [1.54, 1.807) is 0 Å². The number of sulfone groups is 1. The van der Waals surface area contributed by atoms with E-state index >= 15 is 0 Å². The van der Waals surface area contributed by atoms with Gasteiger partial charge in [-0.1, -0.05) is 25.1 Å². The Labute approximate surface area is 162 Å². The van der Waals surface area contributed by atoms with E-state index in [1.165, 1.54) is 5.56 Å². The van der Waals surface area contributed by atoms with Crippen molar-refractivity contribution in [3.05, 3.63) is 41.1 Å². The number of benzene rings is 1. The molecule has 2 heterocycles. The van der Waals surface area contributed by atoms with Gasteiger partial charge in [-0.15, -0.1) is 0 Å². The minimum atomic E-state index is -2.94. The smallest absolute Gasteiger partial charge is 0.229 e. The zero-order valence-electron chi connectivity index (χ0n) is 16.5. The van der Waals surface area contributed by atoms with E-state index in [0.29, 0.717) is 18.9 Å². The number of aryl methyl sites for hydroxylation is 3. The molecule has 146 valence electrons. The Morgan fingerprint density at radius 1 is 1.22 bits per heavy atom. The first-order valence-corrected chi connectivity index (χ1v) is 11.3. The molecule has 1 fully saturated rings. The first-order chi connectivity index (χ1) is 12.8. The Kier molecular flexibility index (Phi) is 5.69. The summed E-state index contributed by atoms with van der Waals surface area (Å²) in [7, 11) is -2.94. The molecule has 1 aromatic carbocycles. The number of nitrogens with zero attached hydrogens (tertiary/aromatic N) is 3. The summed E-state index contributed by atoms with van der Waals surface area (Å²) in [6.07, 6.45) is 1.57. The van der Waals surface area contributed by atoms with Gasteiger partial charge in [-0.25, -0.2) is 13.4 Å². The Morgan fingerprint density at radius 3 is 2.63 bits per heavy atom. The SMILES string of the molecule is CCc1cccc(C)c1Nc1nc(C)cc(N(CC)C2CCS(=O)(=O)C2)n1. The number of rotatable bonds is 6. The van der Waals surface area contributed by atoms with Gasteiger partial charge in [0.2, 0.25) is 5.95 Å². The molecule has 0 aliphatic carbocycles. The van der Waals surface area contributed by atoms with Crippen LogP contribution in [0.5, 0.6) is 0 Å². The quantitative estimate of drug-likeness (QED) is 0.817. The monoisotopic (exact) mass is 388 g/mol. The third kappa shape index (κ3) is 4.40. The second-order valence-electron chi connectivity index (χ2n) is 7.12. The summed E-state index contributed by atoms with van der Waals surface area (Å²) in [5.41, 5.74) is 4.27. The maximum absolute atomic E-state index is 11.9. The topological polar surface area (TPSA) is 75.2 Å².